The minimum absolute atomic E-state index is 0. The van der Waals surface area contributed by atoms with Gasteiger partial charge in [-0.15, -0.1) is 36.2 Å². The number of hydrogen-bond acceptors (Lipinski definition) is 4. The van der Waals surface area contributed by atoms with Gasteiger partial charge in [0.25, 0.3) is 5.91 Å². The predicted octanol–water partition coefficient (Wildman–Crippen LogP) is 4.01. The van der Waals surface area contributed by atoms with Gasteiger partial charge >= 0.3 is 6.18 Å². The monoisotopic (exact) mass is 415 g/mol. The van der Waals surface area contributed by atoms with E-state index in [9.17, 15) is 18.0 Å². The van der Waals surface area contributed by atoms with Gasteiger partial charge in [0.1, 0.15) is 10.7 Å². The van der Waals surface area contributed by atoms with E-state index in [1.807, 2.05) is 6.92 Å². The maximum Gasteiger partial charge on any atom is 0.416 e. The van der Waals surface area contributed by atoms with Crippen molar-refractivity contribution in [1.82, 2.24) is 15.6 Å². The fraction of sp³-hybridized carbons (Fsp3) is 0.333. The van der Waals surface area contributed by atoms with E-state index in [0.29, 0.717) is 17.1 Å². The Morgan fingerprint density at radius 1 is 1.32 bits per heavy atom. The first-order valence-corrected chi connectivity index (χ1v) is 7.78. The number of carbonyl (C=O) groups is 1. The first kappa shape index (κ1) is 23.6. The van der Waals surface area contributed by atoms with E-state index in [4.69, 9.17) is 0 Å². The number of nitrogens with zero attached hydrogens (tertiary/aromatic N) is 1. The minimum atomic E-state index is -4.41. The van der Waals surface area contributed by atoms with Crippen molar-refractivity contribution in [3.8, 4) is 10.6 Å². The molecule has 0 radical (unpaired) electrons. The van der Waals surface area contributed by atoms with E-state index in [-0.39, 0.29) is 42.5 Å². The normalized spacial score (nSPS) is 11.9. The van der Waals surface area contributed by atoms with Crippen molar-refractivity contribution in [2.45, 2.75) is 19.1 Å². The van der Waals surface area contributed by atoms with Crippen LogP contribution in [0.25, 0.3) is 10.6 Å². The predicted molar refractivity (Wildman–Crippen MR) is 97.9 cm³/mol. The van der Waals surface area contributed by atoms with Gasteiger partial charge in [-0.3, -0.25) is 4.79 Å². The maximum absolute atomic E-state index is 12.7. The number of carbonyl (C=O) groups excluding carboxylic acids is 1. The molecule has 0 spiro atoms. The fourth-order valence-electron chi connectivity index (χ4n) is 1.78. The average Bonchev–Trinajstić information content (AvgIpc) is 3.01. The summed E-state index contributed by atoms with van der Waals surface area (Å²) in [5.41, 5.74) is -0.197. The maximum atomic E-state index is 12.7. The Labute approximate surface area is 160 Å². The smallest absolute Gasteiger partial charge is 0.349 e. The van der Waals surface area contributed by atoms with Crippen LogP contribution in [0.3, 0.4) is 0 Å². The summed E-state index contributed by atoms with van der Waals surface area (Å²) in [6, 6.07) is 5.01. The number of aromatic nitrogens is 1. The Morgan fingerprint density at radius 2 is 2.00 bits per heavy atom. The van der Waals surface area contributed by atoms with Gasteiger partial charge in [0.15, 0.2) is 0 Å². The molecule has 2 rings (SSSR count). The van der Waals surface area contributed by atoms with Crippen LogP contribution in [-0.4, -0.2) is 30.5 Å². The Balaban J connectivity index is 0.00000288. The molecule has 10 heteroatoms. The lowest BCUT2D eigenvalue weighted by Gasteiger charge is -2.10. The van der Waals surface area contributed by atoms with E-state index in [1.165, 1.54) is 11.4 Å². The van der Waals surface area contributed by atoms with Gasteiger partial charge in [0, 0.05) is 23.5 Å². The molecule has 1 atom stereocenters. The van der Waals surface area contributed by atoms with Crippen LogP contribution in [0.1, 0.15) is 23.0 Å². The Hall–Kier alpha value is -1.35. The lowest BCUT2D eigenvalue weighted by molar-refractivity contribution is -0.137. The Morgan fingerprint density at radius 3 is 2.60 bits per heavy atom. The van der Waals surface area contributed by atoms with Gasteiger partial charge in [-0.2, -0.15) is 13.2 Å². The lowest BCUT2D eigenvalue weighted by Crippen LogP contribution is -2.37. The molecule has 0 aliphatic rings. The van der Waals surface area contributed by atoms with E-state index < -0.39 is 11.7 Å². The van der Waals surface area contributed by atoms with Crippen LogP contribution in [0.4, 0.5) is 13.2 Å². The van der Waals surface area contributed by atoms with Crippen LogP contribution in [0.15, 0.2) is 29.6 Å². The third kappa shape index (κ3) is 6.47. The number of thiazole rings is 1. The molecule has 1 heterocycles. The summed E-state index contributed by atoms with van der Waals surface area (Å²) >= 11 is 1.14. The van der Waals surface area contributed by atoms with E-state index in [0.717, 1.165) is 23.5 Å². The molecule has 0 fully saturated rings. The van der Waals surface area contributed by atoms with Crippen molar-refractivity contribution in [2.75, 3.05) is 13.6 Å². The summed E-state index contributed by atoms with van der Waals surface area (Å²) in [6.45, 7) is 2.35. The van der Waals surface area contributed by atoms with Gasteiger partial charge in [0.05, 0.1) is 5.56 Å². The number of halogens is 5. The van der Waals surface area contributed by atoms with Crippen LogP contribution in [-0.2, 0) is 6.18 Å². The lowest BCUT2D eigenvalue weighted by atomic mass is 10.1. The number of likely N-dealkylation sites (N-methyl/N-ethyl adjacent to an activating group) is 1. The van der Waals surface area contributed by atoms with Crippen molar-refractivity contribution in [3.63, 3.8) is 0 Å². The average molecular weight is 416 g/mol. The molecular formula is C15H18Cl2F3N3OS. The molecule has 0 bridgehead atoms. The van der Waals surface area contributed by atoms with Gasteiger partial charge in [-0.1, -0.05) is 12.1 Å². The third-order valence-corrected chi connectivity index (χ3v) is 4.13. The SMILES string of the molecule is CNC(C)CNC(=O)c1csc(-c2cccc(C(F)(F)F)c2)n1.Cl.Cl. The number of amides is 1. The second-order valence-electron chi connectivity index (χ2n) is 5.02. The van der Waals surface area contributed by atoms with Crippen molar-refractivity contribution in [2.24, 2.45) is 0 Å². The minimum Gasteiger partial charge on any atom is -0.349 e. The van der Waals surface area contributed by atoms with Crippen molar-refractivity contribution in [3.05, 3.63) is 40.9 Å². The molecule has 0 aliphatic heterocycles. The van der Waals surface area contributed by atoms with Crippen molar-refractivity contribution < 1.29 is 18.0 Å². The standard InChI is InChI=1S/C15H16F3N3OS.2ClH/c1-9(19-2)7-20-13(22)12-8-23-14(21-12)10-4-3-5-11(6-10)15(16,17)18;;/h3-6,8-9,19H,7H2,1-2H3,(H,20,22);2*1H. The second-order valence-corrected chi connectivity index (χ2v) is 5.87. The molecule has 1 unspecified atom stereocenters. The summed E-state index contributed by atoms with van der Waals surface area (Å²) < 4.78 is 38.2. The highest BCUT2D eigenvalue weighted by molar-refractivity contribution is 7.13. The zero-order valence-corrected chi connectivity index (χ0v) is 15.8. The number of benzene rings is 1. The second kappa shape index (κ2) is 9.96. The summed E-state index contributed by atoms with van der Waals surface area (Å²) in [5.74, 6) is -0.346. The summed E-state index contributed by atoms with van der Waals surface area (Å²) in [7, 11) is 1.78. The molecular weight excluding hydrogens is 398 g/mol. The van der Waals surface area contributed by atoms with Crippen LogP contribution in [0.2, 0.25) is 0 Å². The molecule has 0 aliphatic carbocycles. The van der Waals surface area contributed by atoms with E-state index in [2.05, 4.69) is 15.6 Å². The molecule has 4 nitrogen and oxygen atoms in total. The third-order valence-electron chi connectivity index (χ3n) is 3.24. The molecule has 25 heavy (non-hydrogen) atoms. The first-order chi connectivity index (χ1) is 10.8. The highest BCUT2D eigenvalue weighted by Crippen LogP contribution is 2.33. The molecule has 2 aromatic rings. The molecule has 2 N–H and O–H groups in total. The van der Waals surface area contributed by atoms with Crippen LogP contribution in [0.5, 0.6) is 0 Å². The largest absolute Gasteiger partial charge is 0.416 e. The number of nitrogens with one attached hydrogen (secondary N) is 2. The molecule has 140 valence electrons. The Bertz CT molecular complexity index is 695. The molecule has 1 aromatic carbocycles. The van der Waals surface area contributed by atoms with Crippen molar-refractivity contribution in [1.29, 1.82) is 0 Å². The van der Waals surface area contributed by atoms with E-state index >= 15 is 0 Å². The quantitative estimate of drug-likeness (QED) is 0.775. The van der Waals surface area contributed by atoms with Crippen molar-refractivity contribution >= 4 is 42.1 Å². The highest BCUT2D eigenvalue weighted by atomic mass is 35.5. The zero-order chi connectivity index (χ0) is 17.0. The van der Waals surface area contributed by atoms with Crippen LogP contribution < -0.4 is 10.6 Å². The van der Waals surface area contributed by atoms with Gasteiger partial charge in [0.2, 0.25) is 0 Å². The molecule has 0 saturated heterocycles. The number of alkyl halides is 3. The number of hydrogen-bond donors (Lipinski definition) is 2. The molecule has 1 aromatic heterocycles. The van der Waals surface area contributed by atoms with E-state index in [1.54, 1.807) is 13.1 Å². The van der Waals surface area contributed by atoms with Crippen LogP contribution in [0, 0.1) is 0 Å². The fourth-order valence-corrected chi connectivity index (χ4v) is 2.57. The van der Waals surface area contributed by atoms with Gasteiger partial charge in [-0.25, -0.2) is 4.98 Å². The summed E-state index contributed by atoms with van der Waals surface area (Å²) in [4.78, 5) is 16.1. The molecule has 0 saturated carbocycles. The van der Waals surface area contributed by atoms with Crippen LogP contribution >= 0.6 is 36.2 Å². The Kier molecular flexibility index (Phi) is 9.42. The van der Waals surface area contributed by atoms with Gasteiger partial charge in [-0.05, 0) is 26.1 Å². The molecule has 1 amide bonds. The zero-order valence-electron chi connectivity index (χ0n) is 13.4. The number of rotatable bonds is 5. The summed E-state index contributed by atoms with van der Waals surface area (Å²) in [6.07, 6.45) is -4.41. The first-order valence-electron chi connectivity index (χ1n) is 6.90. The summed E-state index contributed by atoms with van der Waals surface area (Å²) in [5, 5.41) is 7.61. The van der Waals surface area contributed by atoms with Gasteiger partial charge < -0.3 is 10.6 Å². The topological polar surface area (TPSA) is 54.0 Å². The highest BCUT2D eigenvalue weighted by Gasteiger charge is 2.30.